The zero-order valence-corrected chi connectivity index (χ0v) is 17.4. The van der Waals surface area contributed by atoms with E-state index in [9.17, 15) is 4.39 Å². The maximum absolute atomic E-state index is 13.8. The molecular formula is C24H18FN7. The summed E-state index contributed by atoms with van der Waals surface area (Å²) in [5.74, 6) is 1.25. The minimum atomic E-state index is -0.288. The molecule has 0 spiro atoms. The number of hydrogen-bond donors (Lipinski definition) is 2. The highest BCUT2D eigenvalue weighted by molar-refractivity contribution is 5.97. The number of imidazole rings is 2. The van der Waals surface area contributed by atoms with Crippen molar-refractivity contribution in [2.24, 2.45) is 7.05 Å². The van der Waals surface area contributed by atoms with Gasteiger partial charge in [-0.3, -0.25) is 5.10 Å². The normalized spacial score (nSPS) is 11.6. The van der Waals surface area contributed by atoms with Gasteiger partial charge in [-0.15, -0.1) is 0 Å². The first kappa shape index (κ1) is 18.4. The molecule has 0 bridgehead atoms. The fraction of sp³-hybridized carbons (Fsp3) is 0.0833. The van der Waals surface area contributed by atoms with Crippen molar-refractivity contribution in [1.29, 1.82) is 0 Å². The van der Waals surface area contributed by atoms with Crippen LogP contribution in [0.2, 0.25) is 0 Å². The predicted octanol–water partition coefficient (Wildman–Crippen LogP) is 5.02. The molecule has 6 aromatic rings. The Hall–Kier alpha value is -4.33. The number of H-pyrrole nitrogens is 2. The van der Waals surface area contributed by atoms with Crippen molar-refractivity contribution in [3.63, 3.8) is 0 Å². The third-order valence-electron chi connectivity index (χ3n) is 5.83. The number of aryl methyl sites for hydroxylation is 1. The maximum atomic E-state index is 13.8. The topological polar surface area (TPSA) is 88.1 Å². The first-order valence-corrected chi connectivity index (χ1v) is 10.2. The highest BCUT2D eigenvalue weighted by atomic mass is 19.1. The second-order valence-electron chi connectivity index (χ2n) is 7.74. The molecule has 156 valence electrons. The summed E-state index contributed by atoms with van der Waals surface area (Å²) in [6.45, 7) is 1.98. The van der Waals surface area contributed by atoms with E-state index in [-0.39, 0.29) is 5.82 Å². The van der Waals surface area contributed by atoms with Crippen molar-refractivity contribution in [2.75, 3.05) is 0 Å². The third kappa shape index (κ3) is 2.80. The van der Waals surface area contributed by atoms with Crippen molar-refractivity contribution in [1.82, 2.24) is 34.7 Å². The number of aromatic nitrogens is 7. The summed E-state index contributed by atoms with van der Waals surface area (Å²) in [4.78, 5) is 16.8. The van der Waals surface area contributed by atoms with E-state index in [1.165, 1.54) is 12.1 Å². The molecule has 7 nitrogen and oxygen atoms in total. The number of hydrogen-bond acceptors (Lipinski definition) is 4. The van der Waals surface area contributed by atoms with Crippen molar-refractivity contribution in [3.05, 3.63) is 72.6 Å². The summed E-state index contributed by atoms with van der Waals surface area (Å²) in [5.41, 5.74) is 6.55. The van der Waals surface area contributed by atoms with E-state index in [0.29, 0.717) is 17.2 Å². The number of fused-ring (bicyclic) bond motifs is 2. The number of nitrogens with zero attached hydrogens (tertiary/aromatic N) is 5. The van der Waals surface area contributed by atoms with Gasteiger partial charge in [0.05, 0.1) is 22.9 Å². The minimum absolute atomic E-state index is 0.288. The largest absolute Gasteiger partial charge is 0.335 e. The summed E-state index contributed by atoms with van der Waals surface area (Å²) >= 11 is 0. The molecule has 32 heavy (non-hydrogen) atoms. The monoisotopic (exact) mass is 423 g/mol. The van der Waals surface area contributed by atoms with Crippen LogP contribution in [0, 0.1) is 12.7 Å². The average molecular weight is 423 g/mol. The van der Waals surface area contributed by atoms with E-state index in [4.69, 9.17) is 0 Å². The lowest BCUT2D eigenvalue weighted by Crippen LogP contribution is -1.94. The van der Waals surface area contributed by atoms with Gasteiger partial charge >= 0.3 is 0 Å². The quantitative estimate of drug-likeness (QED) is 0.419. The Morgan fingerprint density at radius 3 is 2.72 bits per heavy atom. The Bertz CT molecular complexity index is 1620. The van der Waals surface area contributed by atoms with Crippen LogP contribution in [-0.4, -0.2) is 34.7 Å². The van der Waals surface area contributed by atoms with Gasteiger partial charge in [-0.05, 0) is 42.8 Å². The van der Waals surface area contributed by atoms with Gasteiger partial charge in [-0.2, -0.15) is 5.10 Å². The number of halogens is 1. The zero-order chi connectivity index (χ0) is 21.8. The van der Waals surface area contributed by atoms with Gasteiger partial charge in [-0.25, -0.2) is 19.3 Å². The van der Waals surface area contributed by atoms with E-state index in [2.05, 4.69) is 40.8 Å². The van der Waals surface area contributed by atoms with Gasteiger partial charge in [0.25, 0.3) is 0 Å². The van der Waals surface area contributed by atoms with Gasteiger partial charge in [-0.1, -0.05) is 18.2 Å². The summed E-state index contributed by atoms with van der Waals surface area (Å²) in [6, 6.07) is 14.5. The van der Waals surface area contributed by atoms with Crippen LogP contribution in [0.25, 0.3) is 56.0 Å². The van der Waals surface area contributed by atoms with Crippen LogP contribution in [0.4, 0.5) is 4.39 Å². The van der Waals surface area contributed by atoms with Crippen molar-refractivity contribution < 1.29 is 4.39 Å². The van der Waals surface area contributed by atoms with Crippen LogP contribution in [0.1, 0.15) is 5.82 Å². The summed E-state index contributed by atoms with van der Waals surface area (Å²) in [5, 5.41) is 8.53. The van der Waals surface area contributed by atoms with Gasteiger partial charge in [0.1, 0.15) is 17.3 Å². The molecular weight excluding hydrogens is 405 g/mol. The Morgan fingerprint density at radius 1 is 1.00 bits per heavy atom. The second kappa shape index (κ2) is 6.84. The molecule has 0 radical (unpaired) electrons. The van der Waals surface area contributed by atoms with E-state index in [1.54, 1.807) is 12.3 Å². The van der Waals surface area contributed by atoms with E-state index >= 15 is 0 Å². The van der Waals surface area contributed by atoms with Gasteiger partial charge < -0.3 is 9.55 Å². The summed E-state index contributed by atoms with van der Waals surface area (Å²) < 4.78 is 15.9. The molecule has 4 aromatic heterocycles. The van der Waals surface area contributed by atoms with Crippen LogP contribution in [0.5, 0.6) is 0 Å². The van der Waals surface area contributed by atoms with Crippen LogP contribution in [-0.2, 0) is 7.05 Å². The number of benzene rings is 2. The Kier molecular flexibility index (Phi) is 3.94. The zero-order valence-electron chi connectivity index (χ0n) is 17.4. The molecule has 0 fully saturated rings. The number of nitrogens with one attached hydrogen (secondary N) is 2. The minimum Gasteiger partial charge on any atom is -0.335 e. The molecule has 0 aliphatic carbocycles. The molecule has 0 amide bonds. The van der Waals surface area contributed by atoms with E-state index in [0.717, 1.165) is 44.6 Å². The molecule has 2 N–H and O–H groups in total. The van der Waals surface area contributed by atoms with Crippen molar-refractivity contribution in [2.45, 2.75) is 6.92 Å². The fourth-order valence-corrected chi connectivity index (χ4v) is 4.04. The molecule has 0 unspecified atom stereocenters. The lowest BCUT2D eigenvalue weighted by molar-refractivity contribution is 0.628. The number of rotatable bonds is 3. The highest BCUT2D eigenvalue weighted by Gasteiger charge is 2.17. The lowest BCUT2D eigenvalue weighted by Gasteiger charge is -2.04. The first-order valence-electron chi connectivity index (χ1n) is 10.2. The van der Waals surface area contributed by atoms with Gasteiger partial charge in [0, 0.05) is 29.8 Å². The fourth-order valence-electron chi connectivity index (χ4n) is 4.04. The lowest BCUT2D eigenvalue weighted by atomic mass is 10.1. The smallest absolute Gasteiger partial charge is 0.178 e. The second-order valence-corrected chi connectivity index (χ2v) is 7.74. The summed E-state index contributed by atoms with van der Waals surface area (Å²) in [6.07, 6.45) is 3.55. The standard InChI is InChI=1S/C24H18FN7/c1-13-27-12-20(32(13)2)15-6-7-19-18(11-15)22(31-30-19)24-28-21-17(8-9-26-23(21)29-24)14-4-3-5-16(25)10-14/h3-12H,1-2H3,(H,30,31)(H,26,28,29). The Labute approximate surface area is 182 Å². The SMILES string of the molecule is Cc1ncc(-c2ccc3[nH]nc(-c4nc5nccc(-c6cccc(F)c6)c5[nH]4)c3c2)n1C. The van der Waals surface area contributed by atoms with Crippen LogP contribution < -0.4 is 0 Å². The molecule has 0 aliphatic heterocycles. The first-order chi connectivity index (χ1) is 15.6. The van der Waals surface area contributed by atoms with Gasteiger partial charge in [0.15, 0.2) is 11.5 Å². The third-order valence-corrected chi connectivity index (χ3v) is 5.83. The maximum Gasteiger partial charge on any atom is 0.178 e. The van der Waals surface area contributed by atoms with Crippen LogP contribution >= 0.6 is 0 Å². The van der Waals surface area contributed by atoms with Crippen LogP contribution in [0.3, 0.4) is 0 Å². The molecule has 0 saturated carbocycles. The Balaban J connectivity index is 1.52. The van der Waals surface area contributed by atoms with Gasteiger partial charge in [0.2, 0.25) is 0 Å². The average Bonchev–Trinajstić information content (AvgIpc) is 3.50. The number of aromatic amines is 2. The molecule has 2 aromatic carbocycles. The molecule has 0 atom stereocenters. The van der Waals surface area contributed by atoms with E-state index in [1.807, 2.05) is 44.4 Å². The van der Waals surface area contributed by atoms with Crippen molar-refractivity contribution >= 4 is 22.1 Å². The van der Waals surface area contributed by atoms with E-state index < -0.39 is 0 Å². The predicted molar refractivity (Wildman–Crippen MR) is 121 cm³/mol. The highest BCUT2D eigenvalue weighted by Crippen LogP contribution is 2.32. The van der Waals surface area contributed by atoms with Crippen LogP contribution in [0.15, 0.2) is 60.9 Å². The molecule has 8 heteroatoms. The number of pyridine rings is 1. The molecule has 4 heterocycles. The molecule has 6 rings (SSSR count). The summed E-state index contributed by atoms with van der Waals surface area (Å²) in [7, 11) is 2.00. The Morgan fingerprint density at radius 2 is 1.91 bits per heavy atom. The molecule has 0 aliphatic rings. The molecule has 0 saturated heterocycles. The van der Waals surface area contributed by atoms with Crippen molar-refractivity contribution in [3.8, 4) is 33.9 Å².